The highest BCUT2D eigenvalue weighted by molar-refractivity contribution is 5.81. The van der Waals surface area contributed by atoms with Crippen LogP contribution < -0.4 is 0 Å². The number of hydrogen-bond acceptors (Lipinski definition) is 1. The van der Waals surface area contributed by atoms with Crippen molar-refractivity contribution in [2.75, 3.05) is 0 Å². The molecule has 0 spiro atoms. The van der Waals surface area contributed by atoms with E-state index in [1.807, 2.05) is 0 Å². The number of carbonyl (C=O) groups excluding carboxylic acids is 1. The summed E-state index contributed by atoms with van der Waals surface area (Å²) in [5.41, 5.74) is 4.52. The fraction of sp³-hybridized carbons (Fsp3) is 0.682. The summed E-state index contributed by atoms with van der Waals surface area (Å²) < 4.78 is 0. The molecule has 0 N–H and O–H groups in total. The molecule has 0 bridgehead atoms. The summed E-state index contributed by atoms with van der Waals surface area (Å²) >= 11 is 0. The minimum absolute atomic E-state index is 0.270. The summed E-state index contributed by atoms with van der Waals surface area (Å²) in [6.07, 6.45) is 10.5. The largest absolute Gasteiger partial charge is 0.299 e. The molecule has 3 rings (SSSR count). The lowest BCUT2D eigenvalue weighted by atomic mass is 9.72. The Kier molecular flexibility index (Phi) is 4.94. The van der Waals surface area contributed by atoms with Gasteiger partial charge in [0.1, 0.15) is 5.78 Å². The maximum Gasteiger partial charge on any atom is 0.137 e. The molecule has 0 radical (unpaired) electrons. The van der Waals surface area contributed by atoms with Gasteiger partial charge < -0.3 is 0 Å². The van der Waals surface area contributed by atoms with Gasteiger partial charge in [0.15, 0.2) is 0 Å². The molecule has 0 aromatic heterocycles. The summed E-state index contributed by atoms with van der Waals surface area (Å²) in [4.78, 5) is 12.6. The lowest BCUT2D eigenvalue weighted by Gasteiger charge is -2.33. The van der Waals surface area contributed by atoms with E-state index in [-0.39, 0.29) is 5.41 Å². The predicted octanol–water partition coefficient (Wildman–Crippen LogP) is 6.16. The molecule has 0 amide bonds. The van der Waals surface area contributed by atoms with Gasteiger partial charge in [0.25, 0.3) is 0 Å². The molecule has 2 fully saturated rings. The van der Waals surface area contributed by atoms with E-state index in [0.29, 0.717) is 18.1 Å². The average molecular weight is 312 g/mol. The van der Waals surface area contributed by atoms with E-state index in [9.17, 15) is 4.79 Å². The number of hydrogen-bond donors (Lipinski definition) is 0. The first-order valence-corrected chi connectivity index (χ1v) is 9.61. The van der Waals surface area contributed by atoms with Crippen LogP contribution in [0.1, 0.15) is 101 Å². The fourth-order valence-electron chi connectivity index (χ4n) is 4.36. The number of ketones is 1. The van der Waals surface area contributed by atoms with Gasteiger partial charge in [0.2, 0.25) is 0 Å². The minimum atomic E-state index is 0.270. The van der Waals surface area contributed by atoms with Crippen molar-refractivity contribution in [2.24, 2.45) is 5.41 Å². The first-order chi connectivity index (χ1) is 11.0. The van der Waals surface area contributed by atoms with Crippen LogP contribution in [0.5, 0.6) is 0 Å². The van der Waals surface area contributed by atoms with Gasteiger partial charge in [-0.3, -0.25) is 4.79 Å². The highest BCUT2D eigenvalue weighted by atomic mass is 16.1. The Labute approximate surface area is 141 Å². The molecule has 1 aromatic carbocycles. The van der Waals surface area contributed by atoms with Crippen molar-refractivity contribution >= 4 is 5.78 Å². The fourth-order valence-corrected chi connectivity index (χ4v) is 4.36. The van der Waals surface area contributed by atoms with Crippen LogP contribution in [0.15, 0.2) is 18.2 Å². The summed E-state index contributed by atoms with van der Waals surface area (Å²) in [6.45, 7) is 6.87. The van der Waals surface area contributed by atoms with Crippen LogP contribution in [0.3, 0.4) is 0 Å². The summed E-state index contributed by atoms with van der Waals surface area (Å²) in [5, 5.41) is 0. The predicted molar refractivity (Wildman–Crippen MR) is 97.0 cm³/mol. The Morgan fingerprint density at radius 3 is 2.48 bits per heavy atom. The van der Waals surface area contributed by atoms with Crippen LogP contribution in [0.4, 0.5) is 0 Å². The minimum Gasteiger partial charge on any atom is -0.299 e. The Balaban J connectivity index is 1.67. The van der Waals surface area contributed by atoms with Gasteiger partial charge in [0.05, 0.1) is 0 Å². The van der Waals surface area contributed by atoms with Gasteiger partial charge in [-0.15, -0.1) is 0 Å². The molecule has 2 aliphatic rings. The number of rotatable bonds is 6. The van der Waals surface area contributed by atoms with Crippen molar-refractivity contribution in [1.82, 2.24) is 0 Å². The molecule has 0 unspecified atom stereocenters. The van der Waals surface area contributed by atoms with E-state index in [1.54, 1.807) is 0 Å². The lowest BCUT2D eigenvalue weighted by Crippen LogP contribution is -2.24. The molecular formula is C22H32O. The first kappa shape index (κ1) is 16.7. The summed E-state index contributed by atoms with van der Waals surface area (Å²) in [5.74, 6) is 1.78. The molecule has 0 atom stereocenters. The summed E-state index contributed by atoms with van der Waals surface area (Å²) in [7, 11) is 0. The summed E-state index contributed by atoms with van der Waals surface area (Å²) in [6, 6.07) is 6.82. The maximum atomic E-state index is 12.6. The number of benzene rings is 1. The number of carbonyl (C=O) groups is 1. The maximum absolute atomic E-state index is 12.6. The molecule has 1 nitrogen and oxygen atoms in total. The van der Waals surface area contributed by atoms with Gasteiger partial charge >= 0.3 is 0 Å². The first-order valence-electron chi connectivity index (χ1n) is 9.61. The molecule has 126 valence electrons. The van der Waals surface area contributed by atoms with E-state index in [1.165, 1.54) is 61.6 Å². The quantitative estimate of drug-likeness (QED) is 0.615. The van der Waals surface area contributed by atoms with Gasteiger partial charge in [-0.05, 0) is 59.6 Å². The van der Waals surface area contributed by atoms with Gasteiger partial charge in [-0.1, -0.05) is 58.2 Å². The van der Waals surface area contributed by atoms with Crippen molar-refractivity contribution in [3.05, 3.63) is 34.9 Å². The zero-order valence-electron chi connectivity index (χ0n) is 15.2. The molecule has 0 aliphatic heterocycles. The molecule has 0 heterocycles. The normalized spacial score (nSPS) is 20.7. The molecule has 1 heteroatoms. The second-order valence-corrected chi connectivity index (χ2v) is 8.66. The van der Waals surface area contributed by atoms with Crippen LogP contribution >= 0.6 is 0 Å². The van der Waals surface area contributed by atoms with E-state index in [0.717, 1.165) is 12.3 Å². The molecular weight excluding hydrogens is 280 g/mol. The Bertz CT molecular complexity index is 559. The third kappa shape index (κ3) is 4.25. The smallest absolute Gasteiger partial charge is 0.137 e. The van der Waals surface area contributed by atoms with Gasteiger partial charge in [-0.25, -0.2) is 0 Å². The van der Waals surface area contributed by atoms with Crippen molar-refractivity contribution in [3.63, 3.8) is 0 Å². The second kappa shape index (κ2) is 6.79. The van der Waals surface area contributed by atoms with Crippen molar-refractivity contribution in [1.29, 1.82) is 0 Å². The third-order valence-corrected chi connectivity index (χ3v) is 5.88. The number of Topliss-reactive ketones (excluding diaryl/α,β-unsaturated/α-hetero) is 1. The van der Waals surface area contributed by atoms with Crippen molar-refractivity contribution in [2.45, 2.75) is 90.4 Å². The lowest BCUT2D eigenvalue weighted by molar-refractivity contribution is -0.121. The van der Waals surface area contributed by atoms with E-state index in [4.69, 9.17) is 0 Å². The van der Waals surface area contributed by atoms with Crippen molar-refractivity contribution in [3.8, 4) is 0 Å². The van der Waals surface area contributed by atoms with E-state index >= 15 is 0 Å². The van der Waals surface area contributed by atoms with Gasteiger partial charge in [0, 0.05) is 12.8 Å². The topological polar surface area (TPSA) is 17.1 Å². The van der Waals surface area contributed by atoms with Gasteiger partial charge in [-0.2, -0.15) is 0 Å². The highest BCUT2D eigenvalue weighted by Gasteiger charge is 2.30. The van der Waals surface area contributed by atoms with Crippen LogP contribution in [-0.2, 0) is 11.2 Å². The SMILES string of the molecule is CC(C)c1ccc(CC(=O)CC2(C)CCCCC2)cc1C1CC1. The van der Waals surface area contributed by atoms with Crippen molar-refractivity contribution < 1.29 is 4.79 Å². The monoisotopic (exact) mass is 312 g/mol. The zero-order chi connectivity index (χ0) is 16.4. The third-order valence-electron chi connectivity index (χ3n) is 5.88. The molecule has 23 heavy (non-hydrogen) atoms. The van der Waals surface area contributed by atoms with Crippen LogP contribution in [0, 0.1) is 5.41 Å². The molecule has 2 saturated carbocycles. The van der Waals surface area contributed by atoms with E-state index in [2.05, 4.69) is 39.0 Å². The Hall–Kier alpha value is -1.11. The molecule has 2 aliphatic carbocycles. The molecule has 1 aromatic rings. The second-order valence-electron chi connectivity index (χ2n) is 8.66. The Morgan fingerprint density at radius 1 is 1.17 bits per heavy atom. The average Bonchev–Trinajstić information content (AvgIpc) is 3.31. The Morgan fingerprint density at radius 2 is 1.87 bits per heavy atom. The van der Waals surface area contributed by atoms with Crippen LogP contribution in [0.25, 0.3) is 0 Å². The molecule has 0 saturated heterocycles. The van der Waals surface area contributed by atoms with Crippen LogP contribution in [-0.4, -0.2) is 5.78 Å². The standard InChI is InChI=1S/C22H32O/c1-16(2)20-10-7-17(14-21(20)18-8-9-18)13-19(23)15-22(3)11-5-4-6-12-22/h7,10,14,16,18H,4-6,8-9,11-13,15H2,1-3H3. The zero-order valence-corrected chi connectivity index (χ0v) is 15.2. The van der Waals surface area contributed by atoms with E-state index < -0.39 is 0 Å². The van der Waals surface area contributed by atoms with Crippen LogP contribution in [0.2, 0.25) is 0 Å². The highest BCUT2D eigenvalue weighted by Crippen LogP contribution is 2.44.